The Bertz CT molecular complexity index is 844. The van der Waals surface area contributed by atoms with Crippen molar-refractivity contribution >= 4 is 36.7 Å². The number of hydrogen-bond donors (Lipinski definition) is 0. The van der Waals surface area contributed by atoms with Crippen LogP contribution in [-0.4, -0.2) is 11.5 Å². The summed E-state index contributed by atoms with van der Waals surface area (Å²) in [6.07, 6.45) is -0.183. The lowest BCUT2D eigenvalue weighted by Gasteiger charge is -2.29. The number of nitro benzene ring substituents is 1. The number of rotatable bonds is 4. The van der Waals surface area contributed by atoms with E-state index in [0.29, 0.717) is 22.0 Å². The molecule has 3 rings (SSSR count). The van der Waals surface area contributed by atoms with E-state index in [4.69, 9.17) is 36.8 Å². The molecule has 1 fully saturated rings. The maximum absolute atomic E-state index is 12.7. The van der Waals surface area contributed by atoms with Crippen molar-refractivity contribution in [2.45, 2.75) is 12.5 Å². The van der Waals surface area contributed by atoms with Gasteiger partial charge >= 0.3 is 7.82 Å². The molecule has 0 saturated carbocycles. The van der Waals surface area contributed by atoms with E-state index in [-0.39, 0.29) is 18.0 Å². The van der Waals surface area contributed by atoms with Crippen molar-refractivity contribution in [3.8, 4) is 5.75 Å². The Hall–Kier alpha value is -1.63. The molecular weight excluding hydrogens is 392 g/mol. The number of phosphoric ester groups is 1. The summed E-state index contributed by atoms with van der Waals surface area (Å²) in [5, 5.41) is 11.6. The molecule has 0 aromatic heterocycles. The van der Waals surface area contributed by atoms with Gasteiger partial charge in [0.25, 0.3) is 5.69 Å². The number of benzene rings is 2. The average Bonchev–Trinajstić information content (AvgIpc) is 2.57. The highest BCUT2D eigenvalue weighted by atomic mass is 35.5. The normalized spacial score (nSPS) is 23.2. The largest absolute Gasteiger partial charge is 0.530 e. The Morgan fingerprint density at radius 2 is 1.92 bits per heavy atom. The molecule has 0 N–H and O–H groups in total. The van der Waals surface area contributed by atoms with Gasteiger partial charge in [-0.05, 0) is 30.3 Å². The minimum absolute atomic E-state index is 0.111. The molecule has 0 bridgehead atoms. The van der Waals surface area contributed by atoms with Gasteiger partial charge in [-0.3, -0.25) is 19.2 Å². The van der Waals surface area contributed by atoms with Gasteiger partial charge < -0.3 is 4.52 Å². The van der Waals surface area contributed by atoms with Crippen molar-refractivity contribution in [3.05, 3.63) is 68.2 Å². The van der Waals surface area contributed by atoms with E-state index in [1.807, 2.05) is 0 Å². The van der Waals surface area contributed by atoms with Crippen LogP contribution in [0.25, 0.3) is 0 Å². The lowest BCUT2D eigenvalue weighted by atomic mass is 10.1. The standard InChI is InChI=1S/C15H12Cl2NO6P/c16-10-1-6-14(17)13(9-10)15-7-8-22-25(21,24-15)23-12-4-2-11(3-5-12)18(19)20/h1-6,9,15H,7-8H2/t15-,25-/m1/s1. The number of nitrogens with zero attached hydrogens (tertiary/aromatic N) is 1. The van der Waals surface area contributed by atoms with Crippen LogP contribution in [0.5, 0.6) is 5.75 Å². The Kier molecular flexibility index (Phi) is 5.32. The fourth-order valence-electron chi connectivity index (χ4n) is 2.29. The van der Waals surface area contributed by atoms with Gasteiger partial charge in [-0.1, -0.05) is 23.2 Å². The molecule has 1 aliphatic rings. The minimum Gasteiger partial charge on any atom is -0.404 e. The summed E-state index contributed by atoms with van der Waals surface area (Å²) in [4.78, 5) is 10.1. The van der Waals surface area contributed by atoms with Crippen LogP contribution in [0.2, 0.25) is 10.0 Å². The second-order valence-electron chi connectivity index (χ2n) is 5.17. The third-order valence-corrected chi connectivity index (χ3v) is 5.48. The summed E-state index contributed by atoms with van der Waals surface area (Å²) < 4.78 is 28.7. The van der Waals surface area contributed by atoms with Crippen molar-refractivity contribution in [2.24, 2.45) is 0 Å². The predicted molar refractivity (Wildman–Crippen MR) is 92.2 cm³/mol. The van der Waals surface area contributed by atoms with Crippen LogP contribution in [0.4, 0.5) is 5.69 Å². The summed E-state index contributed by atoms with van der Waals surface area (Å²) in [5.74, 6) is 0.131. The average molecular weight is 404 g/mol. The van der Waals surface area contributed by atoms with Crippen molar-refractivity contribution in [1.29, 1.82) is 0 Å². The third kappa shape index (κ3) is 4.32. The molecule has 0 radical (unpaired) electrons. The zero-order chi connectivity index (χ0) is 18.0. The molecule has 1 aliphatic heterocycles. The minimum atomic E-state index is -3.90. The Morgan fingerprint density at radius 1 is 1.20 bits per heavy atom. The molecule has 0 unspecified atom stereocenters. The van der Waals surface area contributed by atoms with Gasteiger partial charge in [0.1, 0.15) is 5.75 Å². The van der Waals surface area contributed by atoms with E-state index in [1.54, 1.807) is 18.2 Å². The van der Waals surface area contributed by atoms with Crippen molar-refractivity contribution in [2.75, 3.05) is 6.61 Å². The maximum atomic E-state index is 12.7. The van der Waals surface area contributed by atoms with E-state index < -0.39 is 18.8 Å². The molecule has 0 aliphatic carbocycles. The molecule has 0 spiro atoms. The van der Waals surface area contributed by atoms with Crippen LogP contribution in [-0.2, 0) is 13.6 Å². The second kappa shape index (κ2) is 7.32. The topological polar surface area (TPSA) is 87.9 Å². The molecule has 10 heteroatoms. The van der Waals surface area contributed by atoms with E-state index in [2.05, 4.69) is 0 Å². The highest BCUT2D eigenvalue weighted by molar-refractivity contribution is 7.49. The van der Waals surface area contributed by atoms with E-state index >= 15 is 0 Å². The van der Waals surface area contributed by atoms with Crippen LogP contribution >= 0.6 is 31.0 Å². The molecule has 2 aromatic rings. The Balaban J connectivity index is 1.78. The molecule has 132 valence electrons. The second-order valence-corrected chi connectivity index (χ2v) is 7.56. The smallest absolute Gasteiger partial charge is 0.404 e. The summed E-state index contributed by atoms with van der Waals surface area (Å²) in [6, 6.07) is 10.0. The van der Waals surface area contributed by atoms with Crippen molar-refractivity contribution in [3.63, 3.8) is 0 Å². The number of non-ortho nitro benzene ring substituents is 1. The first-order valence-electron chi connectivity index (χ1n) is 7.18. The lowest BCUT2D eigenvalue weighted by molar-refractivity contribution is -0.384. The van der Waals surface area contributed by atoms with Crippen molar-refractivity contribution < 1.29 is 23.1 Å². The fraction of sp³-hybridized carbons (Fsp3) is 0.200. The molecule has 1 saturated heterocycles. The predicted octanol–water partition coefficient (Wildman–Crippen LogP) is 5.57. The van der Waals surface area contributed by atoms with Gasteiger partial charge in [0.15, 0.2) is 0 Å². The Labute approximate surface area is 153 Å². The first-order valence-corrected chi connectivity index (χ1v) is 9.40. The number of phosphoric acid groups is 1. The third-order valence-electron chi connectivity index (χ3n) is 3.46. The van der Waals surface area contributed by atoms with E-state index in [9.17, 15) is 14.7 Å². The number of nitro groups is 1. The molecule has 25 heavy (non-hydrogen) atoms. The maximum Gasteiger partial charge on any atom is 0.530 e. The van der Waals surface area contributed by atoms with Crippen molar-refractivity contribution in [1.82, 2.24) is 0 Å². The van der Waals surface area contributed by atoms with Crippen LogP contribution < -0.4 is 4.52 Å². The molecule has 0 amide bonds. The first-order chi connectivity index (χ1) is 11.9. The summed E-state index contributed by atoms with van der Waals surface area (Å²) in [6.45, 7) is 0.137. The highest BCUT2D eigenvalue weighted by Gasteiger charge is 2.38. The molecule has 1 heterocycles. The molecular formula is C15H12Cl2NO6P. The Morgan fingerprint density at radius 3 is 2.60 bits per heavy atom. The van der Waals surface area contributed by atoms with Crippen LogP contribution in [0.15, 0.2) is 42.5 Å². The molecule has 7 nitrogen and oxygen atoms in total. The monoisotopic (exact) mass is 403 g/mol. The van der Waals surface area contributed by atoms with Gasteiger partial charge in [0.2, 0.25) is 0 Å². The summed E-state index contributed by atoms with van der Waals surface area (Å²) in [7, 11) is -3.90. The number of halogens is 2. The lowest BCUT2D eigenvalue weighted by Crippen LogP contribution is -2.17. The van der Waals surface area contributed by atoms with Gasteiger partial charge in [0, 0.05) is 34.2 Å². The van der Waals surface area contributed by atoms with Crippen LogP contribution in [0, 0.1) is 10.1 Å². The van der Waals surface area contributed by atoms with Gasteiger partial charge in [-0.2, -0.15) is 0 Å². The van der Waals surface area contributed by atoms with Gasteiger partial charge in [-0.25, -0.2) is 4.57 Å². The molecule has 2 atom stereocenters. The zero-order valence-corrected chi connectivity index (χ0v) is 15.0. The number of hydrogen-bond acceptors (Lipinski definition) is 6. The van der Waals surface area contributed by atoms with Crippen LogP contribution in [0.3, 0.4) is 0 Å². The van der Waals surface area contributed by atoms with E-state index in [0.717, 1.165) is 0 Å². The fourth-order valence-corrected chi connectivity index (χ4v) is 4.11. The zero-order valence-electron chi connectivity index (χ0n) is 12.6. The van der Waals surface area contributed by atoms with Gasteiger partial charge in [0.05, 0.1) is 17.6 Å². The van der Waals surface area contributed by atoms with Gasteiger partial charge in [-0.15, -0.1) is 0 Å². The summed E-state index contributed by atoms with van der Waals surface area (Å²) >= 11 is 12.1. The SMILES string of the molecule is O=[N+]([O-])c1ccc(O[P@@]2(=O)OCC[C@H](c3cc(Cl)ccc3Cl)O2)cc1. The summed E-state index contributed by atoms with van der Waals surface area (Å²) in [5.41, 5.74) is 0.477. The van der Waals surface area contributed by atoms with E-state index in [1.165, 1.54) is 24.3 Å². The highest BCUT2D eigenvalue weighted by Crippen LogP contribution is 2.57. The first kappa shape index (κ1) is 18.2. The quantitative estimate of drug-likeness (QED) is 0.376. The molecule has 2 aromatic carbocycles. The van der Waals surface area contributed by atoms with Crippen LogP contribution in [0.1, 0.15) is 18.1 Å².